The van der Waals surface area contributed by atoms with Crippen LogP contribution in [0.15, 0.2) is 0 Å². The van der Waals surface area contributed by atoms with Gasteiger partial charge in [-0.1, -0.05) is 6.92 Å². The molecule has 4 nitrogen and oxygen atoms in total. The predicted octanol–water partition coefficient (Wildman–Crippen LogP) is 0.0136. The number of nitrogens with zero attached hydrogens (tertiary/aromatic N) is 1. The van der Waals surface area contributed by atoms with Crippen LogP contribution in [0, 0.1) is 11.3 Å². The summed E-state index contributed by atoms with van der Waals surface area (Å²) in [5.41, 5.74) is 5.43. The summed E-state index contributed by atoms with van der Waals surface area (Å²) in [6, 6.07) is 0.00921. The lowest BCUT2D eigenvalue weighted by atomic mass is 9.95. The number of aliphatic hydroxyl groups is 1. The first-order valence-electron chi connectivity index (χ1n) is 4.78. The quantitative estimate of drug-likeness (QED) is 0.419. The Bertz CT molecular complexity index is 195. The second kappa shape index (κ2) is 4.07. The number of nitrogens with one attached hydrogen (secondary N) is 1. The van der Waals surface area contributed by atoms with E-state index in [9.17, 15) is 5.11 Å². The Balaban J connectivity index is 2.50. The third-order valence-electron chi connectivity index (χ3n) is 2.89. The van der Waals surface area contributed by atoms with Crippen LogP contribution in [0.3, 0.4) is 0 Å². The molecule has 0 aromatic rings. The van der Waals surface area contributed by atoms with Gasteiger partial charge in [0.25, 0.3) is 0 Å². The van der Waals surface area contributed by atoms with Gasteiger partial charge < -0.3 is 10.8 Å². The zero-order valence-electron chi connectivity index (χ0n) is 8.33. The van der Waals surface area contributed by atoms with Crippen molar-refractivity contribution in [3.05, 3.63) is 0 Å². The molecule has 1 saturated heterocycles. The number of nitrogens with two attached hydrogens (primary N) is 1. The van der Waals surface area contributed by atoms with Crippen LogP contribution in [-0.2, 0) is 0 Å². The number of likely N-dealkylation sites (tertiary alicyclic amines) is 1. The highest BCUT2D eigenvalue weighted by atomic mass is 16.3. The van der Waals surface area contributed by atoms with Crippen LogP contribution in [0.4, 0.5) is 0 Å². The Morgan fingerprint density at radius 1 is 1.69 bits per heavy atom. The lowest BCUT2D eigenvalue weighted by Gasteiger charge is -2.37. The van der Waals surface area contributed by atoms with E-state index in [0.717, 1.165) is 19.5 Å². The molecule has 0 aromatic heterocycles. The van der Waals surface area contributed by atoms with Gasteiger partial charge >= 0.3 is 0 Å². The average Bonchev–Trinajstić information content (AvgIpc) is 2.08. The number of rotatable bonds is 2. The number of amidine groups is 1. The molecule has 1 fully saturated rings. The average molecular weight is 185 g/mol. The molecular formula is C9H19N3O. The summed E-state index contributed by atoms with van der Waals surface area (Å²) in [6.07, 6.45) is 0.606. The molecule has 1 aliphatic rings. The van der Waals surface area contributed by atoms with Gasteiger partial charge in [-0.2, -0.15) is 0 Å². The maximum atomic E-state index is 9.50. The van der Waals surface area contributed by atoms with Crippen molar-refractivity contribution in [1.29, 1.82) is 5.41 Å². The zero-order valence-corrected chi connectivity index (χ0v) is 8.33. The summed E-state index contributed by atoms with van der Waals surface area (Å²) in [5.74, 6) is 0.499. The monoisotopic (exact) mass is 185 g/mol. The summed E-state index contributed by atoms with van der Waals surface area (Å²) in [6.45, 7) is 5.64. The standard InChI is InChI=1S/C9H19N3O/c1-6-5-12(4-3-8(6)13)7(2)9(10)11/h6-8,13H,3-5H2,1-2H3,(H3,10,11). The fourth-order valence-corrected chi connectivity index (χ4v) is 1.71. The smallest absolute Gasteiger partial charge is 0.108 e. The van der Waals surface area contributed by atoms with Crippen molar-refractivity contribution in [3.63, 3.8) is 0 Å². The van der Waals surface area contributed by atoms with Crippen LogP contribution < -0.4 is 5.73 Å². The summed E-state index contributed by atoms with van der Waals surface area (Å²) in [4.78, 5) is 2.15. The van der Waals surface area contributed by atoms with Crippen molar-refractivity contribution < 1.29 is 5.11 Å². The molecule has 1 heterocycles. The molecule has 0 aromatic carbocycles. The third-order valence-corrected chi connectivity index (χ3v) is 2.89. The Morgan fingerprint density at radius 3 is 2.77 bits per heavy atom. The number of piperidine rings is 1. The van der Waals surface area contributed by atoms with Crippen LogP contribution in [0.25, 0.3) is 0 Å². The minimum Gasteiger partial charge on any atom is -0.393 e. The molecule has 1 rings (SSSR count). The van der Waals surface area contributed by atoms with Gasteiger partial charge in [0.1, 0.15) is 5.84 Å². The van der Waals surface area contributed by atoms with Crippen molar-refractivity contribution in [2.24, 2.45) is 11.7 Å². The molecular weight excluding hydrogens is 166 g/mol. The minimum atomic E-state index is -0.185. The molecule has 0 spiro atoms. The van der Waals surface area contributed by atoms with Crippen molar-refractivity contribution in [2.75, 3.05) is 13.1 Å². The van der Waals surface area contributed by atoms with Gasteiger partial charge in [-0.15, -0.1) is 0 Å². The summed E-state index contributed by atoms with van der Waals surface area (Å²) in [7, 11) is 0. The lowest BCUT2D eigenvalue weighted by Crippen LogP contribution is -2.50. The molecule has 3 unspecified atom stereocenters. The van der Waals surface area contributed by atoms with Gasteiger partial charge in [0.05, 0.1) is 12.1 Å². The SMILES string of the molecule is CC1CN(C(C)C(=N)N)CCC1O. The van der Waals surface area contributed by atoms with E-state index < -0.39 is 0 Å². The Kier molecular flexibility index (Phi) is 3.27. The topological polar surface area (TPSA) is 73.3 Å². The van der Waals surface area contributed by atoms with Gasteiger partial charge in [0.2, 0.25) is 0 Å². The largest absolute Gasteiger partial charge is 0.393 e. The van der Waals surface area contributed by atoms with Gasteiger partial charge in [-0.05, 0) is 19.3 Å². The van der Waals surface area contributed by atoms with Gasteiger partial charge in [-0.25, -0.2) is 0 Å². The molecule has 3 atom stereocenters. The first-order valence-corrected chi connectivity index (χ1v) is 4.78. The molecule has 0 bridgehead atoms. The van der Waals surface area contributed by atoms with Crippen LogP contribution in [0.1, 0.15) is 20.3 Å². The molecule has 0 aliphatic carbocycles. The van der Waals surface area contributed by atoms with Gasteiger partial charge in [0.15, 0.2) is 0 Å². The van der Waals surface area contributed by atoms with E-state index in [-0.39, 0.29) is 23.9 Å². The van der Waals surface area contributed by atoms with E-state index in [1.165, 1.54) is 0 Å². The molecule has 0 amide bonds. The van der Waals surface area contributed by atoms with Crippen molar-refractivity contribution in [2.45, 2.75) is 32.4 Å². The van der Waals surface area contributed by atoms with E-state index in [1.807, 2.05) is 13.8 Å². The Morgan fingerprint density at radius 2 is 2.31 bits per heavy atom. The van der Waals surface area contributed by atoms with E-state index in [1.54, 1.807) is 0 Å². The highest BCUT2D eigenvalue weighted by molar-refractivity contribution is 5.82. The number of hydrogen-bond acceptors (Lipinski definition) is 3. The molecule has 0 radical (unpaired) electrons. The Labute approximate surface area is 79.2 Å². The van der Waals surface area contributed by atoms with E-state index >= 15 is 0 Å². The molecule has 1 aliphatic heterocycles. The van der Waals surface area contributed by atoms with Crippen molar-refractivity contribution in [1.82, 2.24) is 4.90 Å². The maximum absolute atomic E-state index is 9.50. The predicted molar refractivity (Wildman–Crippen MR) is 52.7 cm³/mol. The zero-order chi connectivity index (χ0) is 10.0. The van der Waals surface area contributed by atoms with Crippen molar-refractivity contribution >= 4 is 5.84 Å². The van der Waals surface area contributed by atoms with Crippen LogP contribution in [-0.4, -0.2) is 41.1 Å². The number of aliphatic hydroxyl groups excluding tert-OH is 1. The Hall–Kier alpha value is -0.610. The maximum Gasteiger partial charge on any atom is 0.108 e. The first kappa shape index (κ1) is 10.5. The van der Waals surface area contributed by atoms with Crippen LogP contribution in [0.2, 0.25) is 0 Å². The molecule has 76 valence electrons. The fourth-order valence-electron chi connectivity index (χ4n) is 1.71. The highest BCUT2D eigenvalue weighted by Gasteiger charge is 2.27. The highest BCUT2D eigenvalue weighted by Crippen LogP contribution is 2.18. The van der Waals surface area contributed by atoms with Crippen LogP contribution in [0.5, 0.6) is 0 Å². The fraction of sp³-hybridized carbons (Fsp3) is 0.889. The van der Waals surface area contributed by atoms with E-state index in [0.29, 0.717) is 0 Å². The van der Waals surface area contributed by atoms with Gasteiger partial charge in [0, 0.05) is 13.1 Å². The second-order valence-electron chi connectivity index (χ2n) is 3.96. The number of hydrogen-bond donors (Lipinski definition) is 3. The normalized spacial score (nSPS) is 32.8. The lowest BCUT2D eigenvalue weighted by molar-refractivity contribution is 0.0298. The first-order chi connectivity index (χ1) is 6.02. The molecule has 0 saturated carbocycles. The third kappa shape index (κ3) is 2.42. The second-order valence-corrected chi connectivity index (χ2v) is 3.96. The molecule has 4 heteroatoms. The summed E-state index contributed by atoms with van der Waals surface area (Å²) >= 11 is 0. The van der Waals surface area contributed by atoms with Crippen LogP contribution >= 0.6 is 0 Å². The summed E-state index contributed by atoms with van der Waals surface area (Å²) < 4.78 is 0. The minimum absolute atomic E-state index is 0.00921. The molecule has 4 N–H and O–H groups in total. The van der Waals surface area contributed by atoms with E-state index in [4.69, 9.17) is 11.1 Å². The van der Waals surface area contributed by atoms with Crippen molar-refractivity contribution in [3.8, 4) is 0 Å². The van der Waals surface area contributed by atoms with E-state index in [2.05, 4.69) is 4.90 Å². The molecule has 13 heavy (non-hydrogen) atoms. The van der Waals surface area contributed by atoms with Gasteiger partial charge in [-0.3, -0.25) is 10.3 Å². The summed E-state index contributed by atoms with van der Waals surface area (Å²) in [5, 5.41) is 16.8.